The van der Waals surface area contributed by atoms with Crippen molar-refractivity contribution in [2.45, 2.75) is 31.6 Å². The van der Waals surface area contributed by atoms with Crippen molar-refractivity contribution in [3.8, 4) is 16.9 Å². The Labute approximate surface area is 308 Å². The summed E-state index contributed by atoms with van der Waals surface area (Å²) in [6.45, 7) is 4.02. The Kier molecular flexibility index (Phi) is 10.9. The molecular formula is C42H45N5O6. The number of hydrogen-bond acceptors (Lipinski definition) is 8. The molecule has 0 unspecified atom stereocenters. The summed E-state index contributed by atoms with van der Waals surface area (Å²) in [4.78, 5) is 44.6. The van der Waals surface area contributed by atoms with Crippen LogP contribution in [0.5, 0.6) is 5.75 Å². The standard InChI is InChI=1S/C42H45N5O6/c1-46(41(51)29-13-11-27(12-14-29)23-43-24-38(49)34-15-17-37(48)40-35(34)16-18-39(50)45-40)19-20-47-25-30-21-32(22-31(30)26-47)53-42(52)44-36-10-6-5-9-33(36)28-7-3-2-4-8-28/h2-18,30-32,38,43,48-49H,19-26H2,1H3,(H,44,52)(H,45,50)/t30-,31+,32+,38-/m0/s1. The van der Waals surface area contributed by atoms with E-state index < -0.39 is 12.2 Å². The Morgan fingerprint density at radius 2 is 1.64 bits per heavy atom. The maximum absolute atomic E-state index is 13.2. The molecule has 0 bridgehead atoms. The molecule has 2 heterocycles. The first-order valence-electron chi connectivity index (χ1n) is 18.1. The highest BCUT2D eigenvalue weighted by atomic mass is 16.6. The molecule has 7 rings (SSSR count). The molecule has 1 saturated heterocycles. The van der Waals surface area contributed by atoms with Gasteiger partial charge >= 0.3 is 6.09 Å². The number of phenolic OH excluding ortho intramolecular Hbond substituents is 1. The number of carbonyl (C=O) groups excluding carboxylic acids is 2. The van der Waals surface area contributed by atoms with Crippen LogP contribution in [0, 0.1) is 11.8 Å². The molecule has 1 aromatic heterocycles. The molecule has 0 radical (unpaired) electrons. The summed E-state index contributed by atoms with van der Waals surface area (Å²) in [6.07, 6.45) is 0.317. The van der Waals surface area contributed by atoms with Crippen LogP contribution in [0.1, 0.15) is 40.4 Å². The van der Waals surface area contributed by atoms with Gasteiger partial charge in [-0.25, -0.2) is 4.79 Å². The van der Waals surface area contributed by atoms with Gasteiger partial charge in [-0.2, -0.15) is 0 Å². The molecule has 4 aromatic carbocycles. The molecule has 11 nitrogen and oxygen atoms in total. The number of fused-ring (bicyclic) bond motifs is 2. The van der Waals surface area contributed by atoms with Crippen molar-refractivity contribution in [3.63, 3.8) is 0 Å². The number of aliphatic hydroxyl groups is 1. The quantitative estimate of drug-likeness (QED) is 0.110. The zero-order valence-corrected chi connectivity index (χ0v) is 29.7. The van der Waals surface area contributed by atoms with E-state index in [0.29, 0.717) is 47.0 Å². The first-order valence-corrected chi connectivity index (χ1v) is 18.1. The van der Waals surface area contributed by atoms with Crippen LogP contribution in [0.2, 0.25) is 0 Å². The summed E-state index contributed by atoms with van der Waals surface area (Å²) < 4.78 is 5.88. The van der Waals surface area contributed by atoms with Crippen LogP contribution in [0.15, 0.2) is 108 Å². The number of aromatic amines is 1. The predicted molar refractivity (Wildman–Crippen MR) is 205 cm³/mol. The second-order valence-corrected chi connectivity index (χ2v) is 14.2. The number of pyridine rings is 1. The van der Waals surface area contributed by atoms with Gasteiger partial charge < -0.3 is 35.1 Å². The van der Waals surface area contributed by atoms with Gasteiger partial charge in [0.15, 0.2) is 0 Å². The van der Waals surface area contributed by atoms with Gasteiger partial charge in [0.25, 0.3) is 5.91 Å². The number of amides is 2. The maximum atomic E-state index is 13.2. The van der Waals surface area contributed by atoms with Gasteiger partial charge in [-0.3, -0.25) is 14.9 Å². The van der Waals surface area contributed by atoms with Crippen molar-refractivity contribution in [3.05, 3.63) is 130 Å². The van der Waals surface area contributed by atoms with E-state index in [0.717, 1.165) is 54.9 Å². The lowest BCUT2D eigenvalue weighted by Crippen LogP contribution is -2.36. The average Bonchev–Trinajstić information content (AvgIpc) is 3.73. The van der Waals surface area contributed by atoms with Crippen LogP contribution in [0.3, 0.4) is 0 Å². The topological polar surface area (TPSA) is 147 Å². The smallest absolute Gasteiger partial charge is 0.411 e. The Hall–Kier alpha value is -5.49. The highest BCUT2D eigenvalue weighted by Crippen LogP contribution is 2.39. The van der Waals surface area contributed by atoms with E-state index in [4.69, 9.17) is 4.74 Å². The molecule has 2 aliphatic rings. The van der Waals surface area contributed by atoms with Crippen LogP contribution < -0.4 is 16.2 Å². The summed E-state index contributed by atoms with van der Waals surface area (Å²) in [7, 11) is 1.83. The number of nitrogens with zero attached hydrogens (tertiary/aromatic N) is 2. The van der Waals surface area contributed by atoms with E-state index >= 15 is 0 Å². The number of rotatable bonds is 12. The van der Waals surface area contributed by atoms with Gasteiger partial charge in [0.1, 0.15) is 11.9 Å². The molecule has 53 heavy (non-hydrogen) atoms. The predicted octanol–water partition coefficient (Wildman–Crippen LogP) is 5.76. The number of H-pyrrole nitrogens is 1. The second kappa shape index (κ2) is 16.0. The molecule has 2 fully saturated rings. The van der Waals surface area contributed by atoms with Gasteiger partial charge in [-0.15, -0.1) is 0 Å². The summed E-state index contributed by atoms with van der Waals surface area (Å²) in [5, 5.41) is 27.7. The SMILES string of the molecule is CN(CCN1C[C@H]2C[C@H](OC(=O)Nc3ccccc3-c3ccccc3)C[C@H]2C1)C(=O)c1ccc(CNC[C@H](O)c2ccc(O)c3[nH]c(=O)ccc23)cc1. The maximum Gasteiger partial charge on any atom is 0.411 e. The zero-order chi connectivity index (χ0) is 36.9. The zero-order valence-electron chi connectivity index (χ0n) is 29.7. The number of likely N-dealkylation sites (N-methyl/N-ethyl adjacent to an activating group) is 1. The highest BCUT2D eigenvalue weighted by Gasteiger charge is 2.42. The first kappa shape index (κ1) is 35.9. The normalized spacial score (nSPS) is 18.8. The number of carbonyl (C=O) groups is 2. The molecule has 2 amide bonds. The summed E-state index contributed by atoms with van der Waals surface area (Å²) in [6, 6.07) is 31.3. The van der Waals surface area contributed by atoms with Gasteiger partial charge in [-0.1, -0.05) is 66.7 Å². The number of anilines is 1. The minimum absolute atomic E-state index is 0.0371. The third kappa shape index (κ3) is 8.44. The Morgan fingerprint density at radius 1 is 0.925 bits per heavy atom. The van der Waals surface area contributed by atoms with E-state index in [9.17, 15) is 24.6 Å². The number of aromatic nitrogens is 1. The van der Waals surface area contributed by atoms with E-state index in [2.05, 4.69) is 20.5 Å². The van der Waals surface area contributed by atoms with E-state index in [1.54, 1.807) is 17.0 Å². The number of phenols is 1. The molecule has 1 saturated carbocycles. The van der Waals surface area contributed by atoms with Crippen LogP contribution in [-0.4, -0.2) is 82.9 Å². The fraction of sp³-hybridized carbons (Fsp3) is 0.310. The number of aliphatic hydroxyl groups excluding tert-OH is 1. The fourth-order valence-electron chi connectivity index (χ4n) is 7.76. The molecule has 274 valence electrons. The molecular weight excluding hydrogens is 670 g/mol. The lowest BCUT2D eigenvalue weighted by atomic mass is 10.0. The molecule has 1 aliphatic heterocycles. The summed E-state index contributed by atoms with van der Waals surface area (Å²) in [5.74, 6) is 0.855. The molecule has 5 aromatic rings. The largest absolute Gasteiger partial charge is 0.506 e. The molecule has 11 heteroatoms. The first-order chi connectivity index (χ1) is 25.7. The van der Waals surface area contributed by atoms with Crippen LogP contribution in [0.4, 0.5) is 10.5 Å². The van der Waals surface area contributed by atoms with E-state index in [1.165, 1.54) is 12.1 Å². The minimum atomic E-state index is -0.857. The van der Waals surface area contributed by atoms with Crippen molar-refractivity contribution in [2.75, 3.05) is 45.1 Å². The minimum Gasteiger partial charge on any atom is -0.506 e. The lowest BCUT2D eigenvalue weighted by Gasteiger charge is -2.23. The molecule has 4 atom stereocenters. The lowest BCUT2D eigenvalue weighted by molar-refractivity contribution is 0.0778. The van der Waals surface area contributed by atoms with Crippen molar-refractivity contribution >= 4 is 28.6 Å². The van der Waals surface area contributed by atoms with Crippen molar-refractivity contribution in [2.24, 2.45) is 11.8 Å². The number of aromatic hydroxyl groups is 1. The Bertz CT molecular complexity index is 2110. The van der Waals surface area contributed by atoms with Gasteiger partial charge in [-0.05, 0) is 71.7 Å². The van der Waals surface area contributed by atoms with Gasteiger partial charge in [0, 0.05) is 68.9 Å². The third-order valence-electron chi connectivity index (χ3n) is 10.5. The average molecular weight is 716 g/mol. The highest BCUT2D eigenvalue weighted by molar-refractivity contribution is 5.94. The number of likely N-dealkylation sites (tertiary alicyclic amines) is 1. The number of benzene rings is 4. The van der Waals surface area contributed by atoms with Crippen LogP contribution in [-0.2, 0) is 11.3 Å². The monoisotopic (exact) mass is 715 g/mol. The van der Waals surface area contributed by atoms with Gasteiger partial charge in [0.05, 0.1) is 17.3 Å². The summed E-state index contributed by atoms with van der Waals surface area (Å²) in [5.41, 5.74) is 4.87. The van der Waals surface area contributed by atoms with Crippen LogP contribution >= 0.6 is 0 Å². The Balaban J connectivity index is 0.824. The molecule has 1 aliphatic carbocycles. The number of ether oxygens (including phenoxy) is 1. The Morgan fingerprint density at radius 3 is 2.40 bits per heavy atom. The number of nitrogens with one attached hydrogen (secondary N) is 3. The number of hydrogen-bond donors (Lipinski definition) is 5. The molecule has 5 N–H and O–H groups in total. The third-order valence-corrected chi connectivity index (χ3v) is 10.5. The summed E-state index contributed by atoms with van der Waals surface area (Å²) >= 11 is 0. The van der Waals surface area contributed by atoms with Crippen molar-refractivity contribution in [1.29, 1.82) is 0 Å². The van der Waals surface area contributed by atoms with Gasteiger partial charge in [0.2, 0.25) is 5.56 Å². The van der Waals surface area contributed by atoms with E-state index in [-0.39, 0.29) is 29.9 Å². The number of para-hydroxylation sites is 1. The molecule has 0 spiro atoms. The fourth-order valence-corrected chi connectivity index (χ4v) is 7.76. The van der Waals surface area contributed by atoms with Crippen LogP contribution in [0.25, 0.3) is 22.0 Å². The second-order valence-electron chi connectivity index (χ2n) is 14.2. The van der Waals surface area contributed by atoms with E-state index in [1.807, 2.05) is 85.9 Å². The van der Waals surface area contributed by atoms with Crippen molar-refractivity contribution < 1.29 is 24.5 Å². The van der Waals surface area contributed by atoms with Crippen molar-refractivity contribution in [1.82, 2.24) is 20.1 Å².